The summed E-state index contributed by atoms with van der Waals surface area (Å²) >= 11 is 0. The summed E-state index contributed by atoms with van der Waals surface area (Å²) < 4.78 is 14.1. The van der Waals surface area contributed by atoms with E-state index >= 15 is 0 Å². The van der Waals surface area contributed by atoms with Gasteiger partial charge in [-0.3, -0.25) is 29.4 Å². The molecule has 6 nitrogen and oxygen atoms in total. The molecule has 2 heterocycles. The first-order valence-corrected chi connectivity index (χ1v) is 7.36. The van der Waals surface area contributed by atoms with E-state index in [9.17, 15) is 23.6 Å². The van der Waals surface area contributed by atoms with Crippen LogP contribution in [0.15, 0.2) is 12.1 Å². The van der Waals surface area contributed by atoms with Crippen LogP contribution in [0.3, 0.4) is 0 Å². The number of carbonyl (C=O) groups excluding carboxylic acids is 4. The fourth-order valence-corrected chi connectivity index (χ4v) is 2.95. The summed E-state index contributed by atoms with van der Waals surface area (Å²) in [6.07, 6.45) is 0.130. The minimum atomic E-state index is -1.04. The number of rotatable bonds is 2. The first-order valence-electron chi connectivity index (χ1n) is 7.36. The molecular weight excluding hydrogens is 303 g/mol. The highest BCUT2D eigenvalue weighted by molar-refractivity contribution is 6.23. The van der Waals surface area contributed by atoms with Crippen molar-refractivity contribution in [1.29, 1.82) is 0 Å². The van der Waals surface area contributed by atoms with Crippen LogP contribution in [0.5, 0.6) is 0 Å². The molecule has 3 rings (SSSR count). The Morgan fingerprint density at radius 1 is 1.13 bits per heavy atom. The molecule has 0 aromatic heterocycles. The predicted octanol–water partition coefficient (Wildman–Crippen LogP) is 1.35. The lowest BCUT2D eigenvalue weighted by atomic mass is 9.97. The molecule has 0 spiro atoms. The number of nitrogens with zero attached hydrogens (tertiary/aromatic N) is 1. The number of imide groups is 2. The van der Waals surface area contributed by atoms with Gasteiger partial charge in [0.25, 0.3) is 11.8 Å². The van der Waals surface area contributed by atoms with E-state index in [-0.39, 0.29) is 29.9 Å². The fourth-order valence-electron chi connectivity index (χ4n) is 2.95. The second-order valence-corrected chi connectivity index (χ2v) is 6.02. The highest BCUT2D eigenvalue weighted by Gasteiger charge is 2.45. The van der Waals surface area contributed by atoms with Gasteiger partial charge in [-0.25, -0.2) is 4.39 Å². The normalized spacial score (nSPS) is 21.0. The average Bonchev–Trinajstić information content (AvgIpc) is 2.70. The van der Waals surface area contributed by atoms with E-state index in [1.54, 1.807) is 13.8 Å². The van der Waals surface area contributed by atoms with E-state index < -0.39 is 35.5 Å². The first kappa shape index (κ1) is 15.3. The van der Waals surface area contributed by atoms with Crippen LogP contribution in [0, 0.1) is 5.82 Å². The number of hydrogen-bond donors (Lipinski definition) is 1. The van der Waals surface area contributed by atoms with Crippen molar-refractivity contribution in [3.8, 4) is 0 Å². The largest absolute Gasteiger partial charge is 0.295 e. The van der Waals surface area contributed by atoms with Gasteiger partial charge in [-0.15, -0.1) is 0 Å². The maximum absolute atomic E-state index is 14.1. The Hall–Kier alpha value is -2.57. The molecule has 2 aliphatic heterocycles. The van der Waals surface area contributed by atoms with Crippen molar-refractivity contribution in [2.45, 2.75) is 38.6 Å². The summed E-state index contributed by atoms with van der Waals surface area (Å²) in [4.78, 5) is 48.9. The summed E-state index contributed by atoms with van der Waals surface area (Å²) in [5.74, 6) is -3.13. The van der Waals surface area contributed by atoms with Gasteiger partial charge in [-0.1, -0.05) is 13.8 Å². The van der Waals surface area contributed by atoms with Gasteiger partial charge >= 0.3 is 0 Å². The summed E-state index contributed by atoms with van der Waals surface area (Å²) in [7, 11) is 0. The smallest absolute Gasteiger partial charge is 0.262 e. The van der Waals surface area contributed by atoms with Crippen LogP contribution in [-0.2, 0) is 9.59 Å². The number of halogens is 1. The van der Waals surface area contributed by atoms with E-state index in [0.29, 0.717) is 5.56 Å². The predicted molar refractivity (Wildman–Crippen MR) is 77.2 cm³/mol. The molecule has 1 atom stereocenters. The molecule has 0 radical (unpaired) electrons. The number of amides is 4. The van der Waals surface area contributed by atoms with E-state index in [1.165, 1.54) is 6.07 Å². The molecule has 1 fully saturated rings. The average molecular weight is 318 g/mol. The highest BCUT2D eigenvalue weighted by Crippen LogP contribution is 2.31. The lowest BCUT2D eigenvalue weighted by molar-refractivity contribution is -0.136. The molecular formula is C16H15FN2O4. The van der Waals surface area contributed by atoms with Gasteiger partial charge in [-0.2, -0.15) is 0 Å². The molecule has 1 saturated heterocycles. The molecule has 120 valence electrons. The molecule has 0 unspecified atom stereocenters. The van der Waals surface area contributed by atoms with Crippen molar-refractivity contribution < 1.29 is 23.6 Å². The minimum absolute atomic E-state index is 0.0402. The number of benzene rings is 1. The van der Waals surface area contributed by atoms with Crippen LogP contribution in [0.25, 0.3) is 0 Å². The zero-order chi connectivity index (χ0) is 16.9. The standard InChI is InChI=1S/C16H15FN2O4/c1-7(2)8-5-9-10(6-11(8)17)16(23)19(15(9)22)12-3-4-13(20)18-14(12)21/h5-7,12H,3-4H2,1-2H3,(H,18,20,21)/t12-/m0/s1. The van der Waals surface area contributed by atoms with E-state index in [0.717, 1.165) is 11.0 Å². The van der Waals surface area contributed by atoms with Gasteiger partial charge in [0.05, 0.1) is 11.1 Å². The Morgan fingerprint density at radius 2 is 1.74 bits per heavy atom. The molecule has 23 heavy (non-hydrogen) atoms. The summed E-state index contributed by atoms with van der Waals surface area (Å²) in [6.45, 7) is 3.56. The molecule has 1 aromatic rings. The van der Waals surface area contributed by atoms with Crippen LogP contribution < -0.4 is 5.32 Å². The lowest BCUT2D eigenvalue weighted by Crippen LogP contribution is -2.54. The monoisotopic (exact) mass is 318 g/mol. The van der Waals surface area contributed by atoms with Gasteiger partial charge in [0.15, 0.2) is 0 Å². The fraction of sp³-hybridized carbons (Fsp3) is 0.375. The third-order valence-electron chi connectivity index (χ3n) is 4.18. The van der Waals surface area contributed by atoms with E-state index in [2.05, 4.69) is 5.32 Å². The van der Waals surface area contributed by atoms with Crippen molar-refractivity contribution in [2.75, 3.05) is 0 Å². The summed E-state index contributed by atoms with van der Waals surface area (Å²) in [5.41, 5.74) is 0.404. The summed E-state index contributed by atoms with van der Waals surface area (Å²) in [5, 5.41) is 2.12. The van der Waals surface area contributed by atoms with Crippen molar-refractivity contribution in [2.24, 2.45) is 0 Å². The van der Waals surface area contributed by atoms with Crippen molar-refractivity contribution in [3.05, 3.63) is 34.6 Å². The number of fused-ring (bicyclic) bond motifs is 1. The molecule has 4 amide bonds. The minimum Gasteiger partial charge on any atom is -0.295 e. The Labute approximate surface area is 131 Å². The Bertz CT molecular complexity index is 757. The maximum Gasteiger partial charge on any atom is 0.262 e. The Morgan fingerprint density at radius 3 is 2.30 bits per heavy atom. The number of hydrogen-bond acceptors (Lipinski definition) is 4. The third kappa shape index (κ3) is 2.32. The van der Waals surface area contributed by atoms with Gasteiger partial charge < -0.3 is 0 Å². The lowest BCUT2D eigenvalue weighted by Gasteiger charge is -2.27. The molecule has 2 aliphatic rings. The van der Waals surface area contributed by atoms with Crippen LogP contribution in [0.1, 0.15) is 58.9 Å². The van der Waals surface area contributed by atoms with Gasteiger partial charge in [-0.05, 0) is 30.0 Å². The molecule has 0 aliphatic carbocycles. The number of carbonyl (C=O) groups is 4. The number of nitrogens with one attached hydrogen (secondary N) is 1. The highest BCUT2D eigenvalue weighted by atomic mass is 19.1. The molecule has 0 saturated carbocycles. The SMILES string of the molecule is CC(C)c1cc2c(cc1F)C(=O)N([C@H]1CCC(=O)NC1=O)C2=O. The molecule has 0 bridgehead atoms. The third-order valence-corrected chi connectivity index (χ3v) is 4.18. The van der Waals surface area contributed by atoms with Crippen LogP contribution >= 0.6 is 0 Å². The summed E-state index contributed by atoms with van der Waals surface area (Å²) in [6, 6.07) is 1.39. The topological polar surface area (TPSA) is 83.6 Å². The second kappa shape index (κ2) is 5.26. The molecule has 7 heteroatoms. The second-order valence-electron chi connectivity index (χ2n) is 6.02. The van der Waals surface area contributed by atoms with Crippen molar-refractivity contribution in [3.63, 3.8) is 0 Å². The zero-order valence-corrected chi connectivity index (χ0v) is 12.7. The Balaban J connectivity index is 2.01. The van der Waals surface area contributed by atoms with Crippen LogP contribution in [-0.4, -0.2) is 34.6 Å². The van der Waals surface area contributed by atoms with Gasteiger partial charge in [0, 0.05) is 6.42 Å². The molecule has 1 N–H and O–H groups in total. The van der Waals surface area contributed by atoms with Gasteiger partial charge in [0.1, 0.15) is 11.9 Å². The number of piperidine rings is 1. The zero-order valence-electron chi connectivity index (χ0n) is 12.7. The van der Waals surface area contributed by atoms with E-state index in [4.69, 9.17) is 0 Å². The molecule has 1 aromatic carbocycles. The first-order chi connectivity index (χ1) is 10.8. The quantitative estimate of drug-likeness (QED) is 0.834. The Kier molecular flexibility index (Phi) is 3.50. The van der Waals surface area contributed by atoms with Crippen LogP contribution in [0.4, 0.5) is 4.39 Å². The van der Waals surface area contributed by atoms with E-state index in [1.807, 2.05) is 0 Å². The van der Waals surface area contributed by atoms with Crippen molar-refractivity contribution >= 4 is 23.6 Å². The van der Waals surface area contributed by atoms with Gasteiger partial charge in [0.2, 0.25) is 11.8 Å². The maximum atomic E-state index is 14.1. The van der Waals surface area contributed by atoms with Crippen LogP contribution in [0.2, 0.25) is 0 Å². The van der Waals surface area contributed by atoms with Crippen molar-refractivity contribution in [1.82, 2.24) is 10.2 Å².